The van der Waals surface area contributed by atoms with E-state index in [1.54, 1.807) is 0 Å². The molecule has 3 atom stereocenters. The van der Waals surface area contributed by atoms with Crippen LogP contribution in [0.1, 0.15) is 18.4 Å². The molecule has 2 aliphatic rings. The van der Waals surface area contributed by atoms with Gasteiger partial charge in [-0.15, -0.1) is 0 Å². The van der Waals surface area contributed by atoms with Gasteiger partial charge in [0.05, 0.1) is 12.7 Å². The molecule has 1 aromatic rings. The minimum absolute atomic E-state index is 0.135. The van der Waals surface area contributed by atoms with Gasteiger partial charge in [0.2, 0.25) is 0 Å². The van der Waals surface area contributed by atoms with Crippen molar-refractivity contribution in [1.29, 1.82) is 0 Å². The predicted molar refractivity (Wildman–Crippen MR) is 66.8 cm³/mol. The highest BCUT2D eigenvalue weighted by atomic mass is 16.7. The Labute approximate surface area is 106 Å². The van der Waals surface area contributed by atoms with Gasteiger partial charge in [-0.05, 0) is 11.1 Å². The molecule has 0 aromatic heterocycles. The van der Waals surface area contributed by atoms with Crippen molar-refractivity contribution in [2.45, 2.75) is 31.8 Å². The summed E-state index contributed by atoms with van der Waals surface area (Å²) in [4.78, 5) is 10.7. The number of hydrogen-bond donors (Lipinski definition) is 0. The summed E-state index contributed by atoms with van der Waals surface area (Å²) in [6.45, 7) is 0.579. The van der Waals surface area contributed by atoms with Crippen LogP contribution in [0.15, 0.2) is 42.0 Å². The first-order chi connectivity index (χ1) is 8.85. The van der Waals surface area contributed by atoms with Crippen molar-refractivity contribution in [2.75, 3.05) is 0 Å². The Bertz CT molecular complexity index is 452. The number of carbonyl (C=O) groups excluding carboxylic acids is 1. The molecular weight excluding hydrogens is 228 g/mol. The molecule has 1 saturated heterocycles. The Morgan fingerprint density at radius 1 is 1.33 bits per heavy atom. The topological polar surface area (TPSA) is 35.5 Å². The van der Waals surface area contributed by atoms with Gasteiger partial charge in [-0.1, -0.05) is 36.4 Å². The highest BCUT2D eigenvalue weighted by Crippen LogP contribution is 2.37. The number of benzene rings is 1. The molecule has 0 saturated carbocycles. The molecule has 0 N–H and O–H groups in total. The second-order valence-electron chi connectivity index (χ2n) is 4.86. The van der Waals surface area contributed by atoms with Gasteiger partial charge in [-0.2, -0.15) is 0 Å². The van der Waals surface area contributed by atoms with E-state index in [0.717, 1.165) is 30.3 Å². The lowest BCUT2D eigenvalue weighted by molar-refractivity contribution is -0.140. The summed E-state index contributed by atoms with van der Waals surface area (Å²) in [7, 11) is 0. The number of aldehydes is 1. The van der Waals surface area contributed by atoms with E-state index in [-0.39, 0.29) is 12.4 Å². The van der Waals surface area contributed by atoms with Gasteiger partial charge >= 0.3 is 0 Å². The third-order valence-corrected chi connectivity index (χ3v) is 3.56. The summed E-state index contributed by atoms with van der Waals surface area (Å²) in [6, 6.07) is 10.1. The standard InChI is InChI=1S/C15H16O3/c16-9-12-6-13-8-15(18-14(13)7-12)17-10-11-4-2-1-3-5-11/h1-6,9,13-15H,7-8,10H2/t13-,14-,15?/m0/s1. The molecule has 0 spiro atoms. The van der Waals surface area contributed by atoms with Crippen LogP contribution in [0.5, 0.6) is 0 Å². The fourth-order valence-corrected chi connectivity index (χ4v) is 2.63. The lowest BCUT2D eigenvalue weighted by atomic mass is 10.1. The summed E-state index contributed by atoms with van der Waals surface area (Å²) in [5, 5.41) is 0. The van der Waals surface area contributed by atoms with E-state index in [4.69, 9.17) is 9.47 Å². The van der Waals surface area contributed by atoms with Gasteiger partial charge in [-0.3, -0.25) is 4.79 Å². The summed E-state index contributed by atoms with van der Waals surface area (Å²) in [5.41, 5.74) is 2.02. The maximum absolute atomic E-state index is 10.7. The summed E-state index contributed by atoms with van der Waals surface area (Å²) >= 11 is 0. The van der Waals surface area contributed by atoms with Gasteiger partial charge in [-0.25, -0.2) is 0 Å². The van der Waals surface area contributed by atoms with Crippen molar-refractivity contribution < 1.29 is 14.3 Å². The molecule has 94 valence electrons. The minimum atomic E-state index is -0.135. The Hall–Kier alpha value is -1.45. The zero-order chi connectivity index (χ0) is 12.4. The molecule has 1 fully saturated rings. The van der Waals surface area contributed by atoms with Crippen LogP contribution >= 0.6 is 0 Å². The Morgan fingerprint density at radius 2 is 2.17 bits per heavy atom. The van der Waals surface area contributed by atoms with Crippen molar-refractivity contribution in [1.82, 2.24) is 0 Å². The molecule has 1 aliphatic carbocycles. The normalized spacial score (nSPS) is 30.0. The van der Waals surface area contributed by atoms with E-state index in [1.165, 1.54) is 0 Å². The van der Waals surface area contributed by atoms with Gasteiger partial charge in [0.25, 0.3) is 0 Å². The zero-order valence-electron chi connectivity index (χ0n) is 10.1. The third kappa shape index (κ3) is 2.37. The number of carbonyl (C=O) groups is 1. The molecule has 3 heteroatoms. The predicted octanol–water partition coefficient (Wildman–Crippen LogP) is 2.46. The lowest BCUT2D eigenvalue weighted by Crippen LogP contribution is -2.14. The van der Waals surface area contributed by atoms with Gasteiger partial charge in [0, 0.05) is 18.8 Å². The average Bonchev–Trinajstić information content (AvgIpc) is 2.95. The van der Waals surface area contributed by atoms with E-state index in [2.05, 4.69) is 0 Å². The largest absolute Gasteiger partial charge is 0.348 e. The SMILES string of the molecule is O=CC1=C[C@H]2CC(OCc3ccccc3)O[C@H]2C1. The van der Waals surface area contributed by atoms with Gasteiger partial charge in [0.15, 0.2) is 6.29 Å². The Balaban J connectivity index is 1.52. The second-order valence-corrected chi connectivity index (χ2v) is 4.86. The minimum Gasteiger partial charge on any atom is -0.348 e. The van der Waals surface area contributed by atoms with Crippen molar-refractivity contribution in [3.05, 3.63) is 47.5 Å². The molecule has 0 radical (unpaired) electrons. The van der Waals surface area contributed by atoms with Crippen LogP contribution < -0.4 is 0 Å². The van der Waals surface area contributed by atoms with Crippen molar-refractivity contribution in [3.8, 4) is 0 Å². The maximum atomic E-state index is 10.7. The summed E-state index contributed by atoms with van der Waals surface area (Å²) in [6.07, 6.45) is 4.56. The monoisotopic (exact) mass is 244 g/mol. The van der Waals surface area contributed by atoms with E-state index < -0.39 is 0 Å². The first-order valence-corrected chi connectivity index (χ1v) is 6.32. The van der Waals surface area contributed by atoms with E-state index in [0.29, 0.717) is 12.5 Å². The first kappa shape index (κ1) is 11.6. The molecule has 1 heterocycles. The third-order valence-electron chi connectivity index (χ3n) is 3.56. The lowest BCUT2D eigenvalue weighted by Gasteiger charge is -2.13. The maximum Gasteiger partial charge on any atom is 0.159 e. The number of ether oxygens (including phenoxy) is 2. The molecule has 3 nitrogen and oxygen atoms in total. The van der Waals surface area contributed by atoms with E-state index >= 15 is 0 Å². The van der Waals surface area contributed by atoms with Crippen molar-refractivity contribution in [2.24, 2.45) is 5.92 Å². The molecule has 1 unspecified atom stereocenters. The van der Waals surface area contributed by atoms with Crippen molar-refractivity contribution in [3.63, 3.8) is 0 Å². The van der Waals surface area contributed by atoms with Crippen LogP contribution in [-0.4, -0.2) is 18.7 Å². The zero-order valence-corrected chi connectivity index (χ0v) is 10.1. The number of hydrogen-bond acceptors (Lipinski definition) is 3. The molecule has 0 bridgehead atoms. The molecule has 3 rings (SSSR count). The van der Waals surface area contributed by atoms with Crippen LogP contribution in [-0.2, 0) is 20.9 Å². The number of fused-ring (bicyclic) bond motifs is 1. The van der Waals surface area contributed by atoms with Crippen LogP contribution in [0.3, 0.4) is 0 Å². The smallest absolute Gasteiger partial charge is 0.159 e. The molecule has 1 aromatic carbocycles. The highest BCUT2D eigenvalue weighted by Gasteiger charge is 2.38. The molecule has 1 aliphatic heterocycles. The van der Waals surface area contributed by atoms with Crippen LogP contribution in [0.25, 0.3) is 0 Å². The van der Waals surface area contributed by atoms with Gasteiger partial charge in [0.1, 0.15) is 6.29 Å². The molecule has 0 amide bonds. The Morgan fingerprint density at radius 3 is 2.89 bits per heavy atom. The Kier molecular flexibility index (Phi) is 3.26. The highest BCUT2D eigenvalue weighted by molar-refractivity contribution is 5.74. The van der Waals surface area contributed by atoms with Crippen LogP contribution in [0.4, 0.5) is 0 Å². The van der Waals surface area contributed by atoms with Crippen LogP contribution in [0, 0.1) is 5.92 Å². The fraction of sp³-hybridized carbons (Fsp3) is 0.400. The van der Waals surface area contributed by atoms with Crippen molar-refractivity contribution >= 4 is 6.29 Å². The first-order valence-electron chi connectivity index (χ1n) is 6.32. The quantitative estimate of drug-likeness (QED) is 0.763. The van der Waals surface area contributed by atoms with E-state index in [1.807, 2.05) is 36.4 Å². The molecular formula is C15H16O3. The summed E-state index contributed by atoms with van der Waals surface area (Å²) in [5.74, 6) is 0.353. The van der Waals surface area contributed by atoms with Crippen LogP contribution in [0.2, 0.25) is 0 Å². The summed E-state index contributed by atoms with van der Waals surface area (Å²) < 4.78 is 11.6. The van der Waals surface area contributed by atoms with Gasteiger partial charge < -0.3 is 9.47 Å². The average molecular weight is 244 g/mol. The fourth-order valence-electron chi connectivity index (χ4n) is 2.63. The van der Waals surface area contributed by atoms with E-state index in [9.17, 15) is 4.79 Å². The number of rotatable bonds is 4. The second kappa shape index (κ2) is 5.04. The molecule has 18 heavy (non-hydrogen) atoms.